The molecule has 0 bridgehead atoms. The number of fused-ring (bicyclic) bond motifs is 5. The molecular formula is C23H33FN4O2. The molecule has 3 fully saturated rings. The first-order valence-electron chi connectivity index (χ1n) is 11.6. The van der Waals surface area contributed by atoms with E-state index in [1.54, 1.807) is 4.68 Å². The molecule has 1 aromatic heterocycles. The van der Waals surface area contributed by atoms with Crippen molar-refractivity contribution < 1.29 is 14.3 Å². The van der Waals surface area contributed by atoms with Crippen molar-refractivity contribution in [3.05, 3.63) is 18.0 Å². The zero-order valence-electron chi connectivity index (χ0n) is 18.0. The van der Waals surface area contributed by atoms with Crippen LogP contribution in [0.2, 0.25) is 0 Å². The number of alkyl halides is 1. The minimum Gasteiger partial charge on any atom is -0.387 e. The van der Waals surface area contributed by atoms with Crippen LogP contribution < -0.4 is 0 Å². The van der Waals surface area contributed by atoms with Crippen LogP contribution in [-0.4, -0.2) is 43.4 Å². The van der Waals surface area contributed by atoms with Crippen LogP contribution in [-0.2, 0) is 11.3 Å². The number of allylic oxidation sites excluding steroid dienone is 2. The summed E-state index contributed by atoms with van der Waals surface area (Å²) in [5.41, 5.74) is -1.19. The third kappa shape index (κ3) is 3.07. The van der Waals surface area contributed by atoms with Crippen molar-refractivity contribution in [2.45, 2.75) is 70.9 Å². The lowest BCUT2D eigenvalue weighted by Crippen LogP contribution is -2.50. The van der Waals surface area contributed by atoms with E-state index in [0.717, 1.165) is 32.1 Å². The van der Waals surface area contributed by atoms with Gasteiger partial charge in [0.25, 0.3) is 0 Å². The first kappa shape index (κ1) is 20.3. The largest absolute Gasteiger partial charge is 0.387 e. The lowest BCUT2D eigenvalue weighted by atomic mass is 9.51. The van der Waals surface area contributed by atoms with E-state index in [1.807, 2.05) is 6.92 Å². The Hall–Kier alpha value is -1.63. The van der Waals surface area contributed by atoms with Gasteiger partial charge in [0, 0.05) is 5.92 Å². The van der Waals surface area contributed by atoms with Crippen LogP contribution in [0.25, 0.3) is 0 Å². The Morgan fingerprint density at radius 2 is 2.10 bits per heavy atom. The van der Waals surface area contributed by atoms with Crippen LogP contribution in [0.1, 0.15) is 57.7 Å². The summed E-state index contributed by atoms with van der Waals surface area (Å²) in [5, 5.41) is 22.0. The number of halogens is 1. The molecule has 0 aromatic carbocycles. The fourth-order valence-corrected chi connectivity index (χ4v) is 7.65. The van der Waals surface area contributed by atoms with E-state index >= 15 is 0 Å². The van der Waals surface area contributed by atoms with Crippen molar-refractivity contribution in [1.82, 2.24) is 20.2 Å². The van der Waals surface area contributed by atoms with Gasteiger partial charge in [-0.15, -0.1) is 5.10 Å². The van der Waals surface area contributed by atoms with E-state index in [1.165, 1.54) is 0 Å². The van der Waals surface area contributed by atoms with Gasteiger partial charge >= 0.3 is 0 Å². The second-order valence-corrected chi connectivity index (χ2v) is 10.7. The van der Waals surface area contributed by atoms with Gasteiger partial charge in [-0.1, -0.05) is 19.1 Å². The molecule has 6 nitrogen and oxygen atoms in total. The van der Waals surface area contributed by atoms with Crippen molar-refractivity contribution in [2.24, 2.45) is 40.9 Å². The molecule has 8 atom stereocenters. The highest BCUT2D eigenvalue weighted by atomic mass is 19.1. The maximum atomic E-state index is 13.4. The Kier molecular flexibility index (Phi) is 4.88. The van der Waals surface area contributed by atoms with Crippen LogP contribution >= 0.6 is 0 Å². The molecule has 0 saturated heterocycles. The van der Waals surface area contributed by atoms with Gasteiger partial charge in [0.1, 0.15) is 19.0 Å². The number of nitrogens with zero attached hydrogens (tertiary/aromatic N) is 4. The van der Waals surface area contributed by atoms with E-state index in [4.69, 9.17) is 0 Å². The fraction of sp³-hybridized carbons (Fsp3) is 0.826. The Labute approximate surface area is 177 Å². The SMILES string of the molecule is Cc1nnnn1CC(=O)[C@H]1CC[C@H]2[C@@H]3CC[C@@H]4C[C@@](O)(CF)CC[C@@H]4[C@H]3C=C[C@]12C. The Morgan fingerprint density at radius 1 is 1.27 bits per heavy atom. The molecule has 0 amide bonds. The lowest BCUT2D eigenvalue weighted by molar-refractivity contribution is -0.127. The fourth-order valence-electron chi connectivity index (χ4n) is 7.65. The third-order valence-corrected chi connectivity index (χ3v) is 9.21. The second kappa shape index (κ2) is 7.21. The molecule has 4 aliphatic rings. The summed E-state index contributed by atoms with van der Waals surface area (Å²) >= 11 is 0. The first-order valence-corrected chi connectivity index (χ1v) is 11.6. The van der Waals surface area contributed by atoms with Gasteiger partial charge in [-0.25, -0.2) is 9.07 Å². The molecule has 0 unspecified atom stereocenters. The van der Waals surface area contributed by atoms with Crippen molar-refractivity contribution in [1.29, 1.82) is 0 Å². The van der Waals surface area contributed by atoms with Gasteiger partial charge < -0.3 is 5.11 Å². The van der Waals surface area contributed by atoms with E-state index in [2.05, 4.69) is 34.6 Å². The first-order chi connectivity index (χ1) is 14.3. The van der Waals surface area contributed by atoms with Gasteiger partial charge in [0.2, 0.25) is 0 Å². The number of rotatable bonds is 4. The number of ketones is 1. The minimum absolute atomic E-state index is 0.0176. The van der Waals surface area contributed by atoms with Gasteiger partial charge in [-0.3, -0.25) is 4.79 Å². The molecule has 7 heteroatoms. The number of tetrazole rings is 1. The Bertz CT molecular complexity index is 856. The smallest absolute Gasteiger partial charge is 0.158 e. The van der Waals surface area contributed by atoms with E-state index in [-0.39, 0.29) is 23.7 Å². The molecule has 0 spiro atoms. The van der Waals surface area contributed by atoms with Gasteiger partial charge in [0.05, 0.1) is 5.60 Å². The summed E-state index contributed by atoms with van der Waals surface area (Å²) in [7, 11) is 0. The molecule has 164 valence electrons. The van der Waals surface area contributed by atoms with Crippen LogP contribution in [0.4, 0.5) is 4.39 Å². The molecule has 0 radical (unpaired) electrons. The van der Waals surface area contributed by atoms with Gasteiger partial charge in [0.15, 0.2) is 5.78 Å². The van der Waals surface area contributed by atoms with Crippen molar-refractivity contribution in [3.8, 4) is 0 Å². The maximum absolute atomic E-state index is 13.4. The molecule has 3 saturated carbocycles. The standard InChI is InChI=1S/C23H33FN4O2/c1-14-25-26-27-28(14)12-21(29)20-6-5-19-18-4-3-15-11-23(30,13-24)10-8-16(15)17(18)7-9-22(19,20)2/h7,9,15-20,30H,3-6,8,10-13H2,1-2H3/t15-,16+,17-,18-,19+,20-,22+,23-/m1/s1. The number of aromatic nitrogens is 4. The summed E-state index contributed by atoms with van der Waals surface area (Å²) in [6.45, 7) is 3.73. The van der Waals surface area contributed by atoms with Crippen LogP contribution in [0, 0.1) is 47.8 Å². The highest BCUT2D eigenvalue weighted by molar-refractivity contribution is 5.82. The third-order valence-electron chi connectivity index (χ3n) is 9.21. The van der Waals surface area contributed by atoms with E-state index in [9.17, 15) is 14.3 Å². The highest BCUT2D eigenvalue weighted by Gasteiger charge is 2.57. The molecule has 1 N–H and O–H groups in total. The summed E-state index contributed by atoms with van der Waals surface area (Å²) in [6, 6.07) is 0. The maximum Gasteiger partial charge on any atom is 0.158 e. The van der Waals surface area contributed by atoms with Crippen LogP contribution in [0.5, 0.6) is 0 Å². The molecule has 4 aliphatic carbocycles. The number of carbonyl (C=O) groups is 1. The number of carbonyl (C=O) groups excluding carboxylic acids is 1. The number of aliphatic hydroxyl groups is 1. The predicted molar refractivity (Wildman–Crippen MR) is 109 cm³/mol. The zero-order valence-corrected chi connectivity index (χ0v) is 18.0. The Balaban J connectivity index is 1.35. The molecule has 1 aromatic rings. The Morgan fingerprint density at radius 3 is 2.83 bits per heavy atom. The van der Waals surface area contributed by atoms with E-state index in [0.29, 0.717) is 48.3 Å². The van der Waals surface area contributed by atoms with Crippen molar-refractivity contribution in [3.63, 3.8) is 0 Å². The van der Waals surface area contributed by atoms with E-state index < -0.39 is 12.3 Å². The summed E-state index contributed by atoms with van der Waals surface area (Å²) in [5.74, 6) is 3.55. The monoisotopic (exact) mass is 416 g/mol. The van der Waals surface area contributed by atoms with Gasteiger partial charge in [-0.05, 0) is 97.3 Å². The van der Waals surface area contributed by atoms with Crippen LogP contribution in [0.3, 0.4) is 0 Å². The molecule has 1 heterocycles. The molecule has 5 rings (SSSR count). The predicted octanol–water partition coefficient (Wildman–Crippen LogP) is 3.30. The van der Waals surface area contributed by atoms with Crippen molar-refractivity contribution in [2.75, 3.05) is 6.67 Å². The summed E-state index contributed by atoms with van der Waals surface area (Å²) in [6.07, 6.45) is 11.1. The number of hydrogen-bond acceptors (Lipinski definition) is 5. The molecule has 0 aliphatic heterocycles. The number of Topliss-reactive ketones (excluding diaryl/α,β-unsaturated/α-hetero) is 1. The molecule has 30 heavy (non-hydrogen) atoms. The van der Waals surface area contributed by atoms with Crippen LogP contribution in [0.15, 0.2) is 12.2 Å². The number of hydrogen-bond donors (Lipinski definition) is 1. The summed E-state index contributed by atoms with van der Waals surface area (Å²) < 4.78 is 15.0. The zero-order chi connectivity index (χ0) is 21.1. The molecular weight excluding hydrogens is 383 g/mol. The number of aryl methyl sites for hydroxylation is 1. The average Bonchev–Trinajstić information content (AvgIpc) is 3.30. The van der Waals surface area contributed by atoms with Gasteiger partial charge in [-0.2, -0.15) is 0 Å². The second-order valence-electron chi connectivity index (χ2n) is 10.7. The summed E-state index contributed by atoms with van der Waals surface area (Å²) in [4.78, 5) is 13.2. The average molecular weight is 417 g/mol. The topological polar surface area (TPSA) is 80.9 Å². The quantitative estimate of drug-likeness (QED) is 0.762. The normalized spacial score (nSPS) is 44.9. The minimum atomic E-state index is -1.10. The van der Waals surface area contributed by atoms with Crippen molar-refractivity contribution >= 4 is 5.78 Å². The lowest BCUT2D eigenvalue weighted by Gasteiger charge is -2.54. The highest BCUT2D eigenvalue weighted by Crippen LogP contribution is 2.62.